The maximum absolute atomic E-state index is 13.5. The number of hydrogen-bond donors (Lipinski definition) is 1. The fourth-order valence-electron chi connectivity index (χ4n) is 2.41. The van der Waals surface area contributed by atoms with E-state index in [-0.39, 0.29) is 5.82 Å². The summed E-state index contributed by atoms with van der Waals surface area (Å²) >= 11 is 3.54. The van der Waals surface area contributed by atoms with Crippen LogP contribution < -0.4 is 10.2 Å². The van der Waals surface area contributed by atoms with E-state index in [2.05, 4.69) is 31.2 Å². The van der Waals surface area contributed by atoms with E-state index in [9.17, 15) is 4.39 Å². The zero-order valence-corrected chi connectivity index (χ0v) is 12.6. The molecule has 0 aliphatic carbocycles. The van der Waals surface area contributed by atoms with Gasteiger partial charge in [-0.2, -0.15) is 0 Å². The van der Waals surface area contributed by atoms with Crippen molar-refractivity contribution in [2.45, 2.75) is 13.3 Å². The largest absolute Gasteiger partial charge is 0.369 e. The van der Waals surface area contributed by atoms with Crippen molar-refractivity contribution < 1.29 is 4.39 Å². The van der Waals surface area contributed by atoms with Crippen LogP contribution in [0.1, 0.15) is 12.5 Å². The second-order valence-electron chi connectivity index (χ2n) is 4.56. The molecule has 0 fully saturated rings. The van der Waals surface area contributed by atoms with Gasteiger partial charge in [-0.15, -0.1) is 0 Å². The van der Waals surface area contributed by atoms with Crippen LogP contribution in [0.25, 0.3) is 0 Å². The Balaban J connectivity index is 2.04. The summed E-state index contributed by atoms with van der Waals surface area (Å²) in [6, 6.07) is 4.90. The molecule has 0 atom stereocenters. The van der Waals surface area contributed by atoms with Crippen molar-refractivity contribution in [2.24, 2.45) is 0 Å². The van der Waals surface area contributed by atoms with Gasteiger partial charge in [0.05, 0.1) is 0 Å². The molecule has 104 valence electrons. The first-order valence-corrected chi connectivity index (χ1v) is 7.30. The van der Waals surface area contributed by atoms with Gasteiger partial charge in [0.15, 0.2) is 5.82 Å². The molecule has 0 spiro atoms. The van der Waals surface area contributed by atoms with E-state index in [1.807, 2.05) is 17.9 Å². The molecule has 0 saturated heterocycles. The van der Waals surface area contributed by atoms with Gasteiger partial charge in [0.2, 0.25) is 0 Å². The topological polar surface area (TPSA) is 41.1 Å². The molecule has 4 nitrogen and oxygen atoms in total. The van der Waals surface area contributed by atoms with Crippen molar-refractivity contribution in [1.82, 2.24) is 9.97 Å². The zero-order chi connectivity index (χ0) is 14.1. The summed E-state index contributed by atoms with van der Waals surface area (Å²) in [6.07, 6.45) is 2.41. The van der Waals surface area contributed by atoms with E-state index in [4.69, 9.17) is 0 Å². The van der Waals surface area contributed by atoms with Crippen LogP contribution in [-0.4, -0.2) is 23.1 Å². The monoisotopic (exact) mass is 336 g/mol. The number of benzene rings is 1. The Morgan fingerprint density at radius 3 is 3.05 bits per heavy atom. The highest BCUT2D eigenvalue weighted by molar-refractivity contribution is 9.10. The lowest BCUT2D eigenvalue weighted by molar-refractivity contribution is 0.628. The number of nitrogens with zero attached hydrogens (tertiary/aromatic N) is 3. The van der Waals surface area contributed by atoms with Crippen LogP contribution in [0.3, 0.4) is 0 Å². The number of hydrogen-bond acceptors (Lipinski definition) is 4. The summed E-state index contributed by atoms with van der Waals surface area (Å²) in [5.41, 5.74) is 2.02. The molecule has 1 N–H and O–H groups in total. The predicted octanol–water partition coefficient (Wildman–Crippen LogP) is 3.50. The summed E-state index contributed by atoms with van der Waals surface area (Å²) in [5, 5.41) is 3.18. The van der Waals surface area contributed by atoms with Gasteiger partial charge < -0.3 is 10.2 Å². The zero-order valence-electron chi connectivity index (χ0n) is 11.0. The van der Waals surface area contributed by atoms with Crippen LogP contribution in [0.2, 0.25) is 0 Å². The maximum Gasteiger partial charge on any atom is 0.152 e. The lowest BCUT2D eigenvalue weighted by Crippen LogP contribution is -2.16. The highest BCUT2D eigenvalue weighted by Gasteiger charge is 2.24. The smallest absolute Gasteiger partial charge is 0.152 e. The van der Waals surface area contributed by atoms with Gasteiger partial charge in [-0.3, -0.25) is 0 Å². The van der Waals surface area contributed by atoms with Gasteiger partial charge in [-0.25, -0.2) is 14.4 Å². The lowest BCUT2D eigenvalue weighted by Gasteiger charge is -2.20. The molecule has 2 aromatic rings. The third-order valence-electron chi connectivity index (χ3n) is 3.31. The van der Waals surface area contributed by atoms with Crippen molar-refractivity contribution in [3.8, 4) is 0 Å². The highest BCUT2D eigenvalue weighted by Crippen LogP contribution is 2.39. The molecular weight excluding hydrogens is 323 g/mol. The van der Waals surface area contributed by atoms with E-state index < -0.39 is 0 Å². The number of halogens is 2. The van der Waals surface area contributed by atoms with Gasteiger partial charge >= 0.3 is 0 Å². The summed E-state index contributed by atoms with van der Waals surface area (Å²) in [4.78, 5) is 10.6. The second-order valence-corrected chi connectivity index (χ2v) is 5.36. The van der Waals surface area contributed by atoms with Gasteiger partial charge in [0.1, 0.15) is 22.4 Å². The molecule has 3 rings (SSSR count). The van der Waals surface area contributed by atoms with E-state index in [1.165, 1.54) is 12.4 Å². The van der Waals surface area contributed by atoms with Crippen LogP contribution in [0.15, 0.2) is 29.0 Å². The first-order valence-electron chi connectivity index (χ1n) is 6.51. The molecule has 1 aromatic carbocycles. The van der Waals surface area contributed by atoms with Crippen LogP contribution >= 0.6 is 15.9 Å². The molecule has 0 bridgehead atoms. The number of anilines is 3. The fourth-order valence-corrected chi connectivity index (χ4v) is 2.97. The van der Waals surface area contributed by atoms with Crippen LogP contribution in [0, 0.1) is 5.82 Å². The van der Waals surface area contributed by atoms with Gasteiger partial charge in [-0.05, 0) is 47.0 Å². The number of aromatic nitrogens is 2. The van der Waals surface area contributed by atoms with Crippen LogP contribution in [0.5, 0.6) is 0 Å². The molecule has 1 aromatic heterocycles. The molecular formula is C14H14BrFN4. The lowest BCUT2D eigenvalue weighted by atomic mass is 10.2. The van der Waals surface area contributed by atoms with Crippen molar-refractivity contribution in [3.63, 3.8) is 0 Å². The Bertz CT molecular complexity index is 647. The molecule has 0 saturated carbocycles. The second kappa shape index (κ2) is 5.36. The molecule has 0 amide bonds. The summed E-state index contributed by atoms with van der Waals surface area (Å²) < 4.78 is 14.3. The van der Waals surface area contributed by atoms with E-state index >= 15 is 0 Å². The standard InChI is InChI=1S/C14H14BrFN4/c1-2-17-13-12(15)14(19-8-18-13)20-6-5-9-3-4-10(16)7-11(9)20/h3-4,7-8H,2,5-6H2,1H3,(H,17,18,19). The highest BCUT2D eigenvalue weighted by atomic mass is 79.9. The average molecular weight is 337 g/mol. The quantitative estimate of drug-likeness (QED) is 0.931. The average Bonchev–Trinajstić information content (AvgIpc) is 2.84. The predicted molar refractivity (Wildman–Crippen MR) is 81.0 cm³/mol. The molecule has 6 heteroatoms. The third-order valence-corrected chi connectivity index (χ3v) is 4.04. The maximum atomic E-state index is 13.5. The molecule has 20 heavy (non-hydrogen) atoms. The molecule has 0 unspecified atom stereocenters. The Morgan fingerprint density at radius 2 is 2.25 bits per heavy atom. The first-order chi connectivity index (χ1) is 9.70. The summed E-state index contributed by atoms with van der Waals surface area (Å²) in [7, 11) is 0. The van der Waals surface area contributed by atoms with E-state index in [0.717, 1.165) is 46.9 Å². The molecule has 1 aliphatic rings. The Morgan fingerprint density at radius 1 is 1.40 bits per heavy atom. The normalized spacial score (nSPS) is 13.4. The van der Waals surface area contributed by atoms with Crippen molar-refractivity contribution in [1.29, 1.82) is 0 Å². The molecule has 0 radical (unpaired) electrons. The van der Waals surface area contributed by atoms with E-state index in [0.29, 0.717) is 0 Å². The minimum atomic E-state index is -0.229. The summed E-state index contributed by atoms with van der Waals surface area (Å²) in [5.74, 6) is 1.29. The van der Waals surface area contributed by atoms with Crippen molar-refractivity contribution in [3.05, 3.63) is 40.4 Å². The van der Waals surface area contributed by atoms with Gasteiger partial charge in [0, 0.05) is 18.8 Å². The SMILES string of the molecule is CCNc1ncnc(N2CCc3ccc(F)cc32)c1Br. The number of fused-ring (bicyclic) bond motifs is 1. The fraction of sp³-hybridized carbons (Fsp3) is 0.286. The van der Waals surface area contributed by atoms with Crippen LogP contribution in [-0.2, 0) is 6.42 Å². The van der Waals surface area contributed by atoms with Gasteiger partial charge in [-0.1, -0.05) is 6.07 Å². The van der Waals surface area contributed by atoms with Crippen LogP contribution in [0.4, 0.5) is 21.7 Å². The van der Waals surface area contributed by atoms with Gasteiger partial charge in [0.25, 0.3) is 0 Å². The minimum absolute atomic E-state index is 0.229. The Hall–Kier alpha value is -1.69. The Kier molecular flexibility index (Phi) is 3.56. The Labute approximate surface area is 125 Å². The van der Waals surface area contributed by atoms with Crippen molar-refractivity contribution >= 4 is 33.3 Å². The molecule has 1 aliphatic heterocycles. The first kappa shape index (κ1) is 13.3. The number of nitrogens with one attached hydrogen (secondary N) is 1. The molecule has 2 heterocycles. The minimum Gasteiger partial charge on any atom is -0.369 e. The third kappa shape index (κ3) is 2.24. The van der Waals surface area contributed by atoms with Crippen molar-refractivity contribution in [2.75, 3.05) is 23.3 Å². The summed E-state index contributed by atoms with van der Waals surface area (Å²) in [6.45, 7) is 3.58. The number of rotatable bonds is 3. The van der Waals surface area contributed by atoms with E-state index in [1.54, 1.807) is 6.07 Å².